The van der Waals surface area contributed by atoms with E-state index >= 15 is 0 Å². The Labute approximate surface area is 93.8 Å². The molecular weight excluding hydrogens is 186 g/mol. The third-order valence-corrected chi connectivity index (χ3v) is 4.08. The molecule has 4 atom stereocenters. The van der Waals surface area contributed by atoms with Crippen molar-refractivity contribution in [2.75, 3.05) is 6.61 Å². The van der Waals surface area contributed by atoms with Gasteiger partial charge in [0.1, 0.15) is 0 Å². The third kappa shape index (κ3) is 2.21. The van der Waals surface area contributed by atoms with Crippen LogP contribution in [-0.4, -0.2) is 24.8 Å². The number of rotatable bonds is 2. The summed E-state index contributed by atoms with van der Waals surface area (Å²) in [4.78, 5) is 0. The number of hydrogen-bond donors (Lipinski definition) is 1. The zero-order chi connectivity index (χ0) is 11.0. The molecule has 0 aromatic rings. The van der Waals surface area contributed by atoms with Crippen LogP contribution in [0, 0.1) is 17.8 Å². The first-order valence-corrected chi connectivity index (χ1v) is 6.47. The Bertz CT molecular complexity index is 215. The lowest BCUT2D eigenvalue weighted by Crippen LogP contribution is -2.60. The number of piperidine rings is 1. The van der Waals surface area contributed by atoms with Crippen LogP contribution in [0.15, 0.2) is 0 Å². The predicted octanol–water partition coefficient (Wildman–Crippen LogP) is 2.43. The standard InChI is InChI=1S/C13H25NO/c1-8(2)12-11-7-10(5-6-15-11)14-13(12)9(3)4/h8-14H,5-7H2,1-4H3. The van der Waals surface area contributed by atoms with Crippen molar-refractivity contribution < 1.29 is 4.74 Å². The molecule has 0 aliphatic carbocycles. The molecule has 2 nitrogen and oxygen atoms in total. The summed E-state index contributed by atoms with van der Waals surface area (Å²) in [5, 5.41) is 3.84. The van der Waals surface area contributed by atoms with Crippen LogP contribution in [0.1, 0.15) is 40.5 Å². The van der Waals surface area contributed by atoms with Gasteiger partial charge in [0.15, 0.2) is 0 Å². The summed E-state index contributed by atoms with van der Waals surface area (Å²) >= 11 is 0. The summed E-state index contributed by atoms with van der Waals surface area (Å²) in [7, 11) is 0. The minimum absolute atomic E-state index is 0.511. The van der Waals surface area contributed by atoms with E-state index in [9.17, 15) is 0 Å². The fourth-order valence-electron chi connectivity index (χ4n) is 3.34. The van der Waals surface area contributed by atoms with E-state index in [0.717, 1.165) is 6.61 Å². The number of hydrogen-bond acceptors (Lipinski definition) is 2. The summed E-state index contributed by atoms with van der Waals surface area (Å²) in [5.74, 6) is 2.12. The largest absolute Gasteiger partial charge is 0.378 e. The second-order valence-electron chi connectivity index (χ2n) is 5.89. The van der Waals surface area contributed by atoms with E-state index in [1.807, 2.05) is 0 Å². The lowest BCUT2D eigenvalue weighted by atomic mass is 9.73. The quantitative estimate of drug-likeness (QED) is 0.757. The Morgan fingerprint density at radius 1 is 1.13 bits per heavy atom. The summed E-state index contributed by atoms with van der Waals surface area (Å²) < 4.78 is 5.96. The van der Waals surface area contributed by atoms with Crippen LogP contribution in [0.4, 0.5) is 0 Å². The smallest absolute Gasteiger partial charge is 0.0635 e. The molecule has 88 valence electrons. The molecule has 2 bridgehead atoms. The van der Waals surface area contributed by atoms with Crippen LogP contribution < -0.4 is 5.32 Å². The molecule has 2 aliphatic heterocycles. The molecule has 0 aromatic heterocycles. The van der Waals surface area contributed by atoms with E-state index in [1.54, 1.807) is 0 Å². The van der Waals surface area contributed by atoms with Crippen molar-refractivity contribution in [3.8, 4) is 0 Å². The van der Waals surface area contributed by atoms with E-state index in [4.69, 9.17) is 4.74 Å². The van der Waals surface area contributed by atoms with Crippen LogP contribution in [0.5, 0.6) is 0 Å². The zero-order valence-electron chi connectivity index (χ0n) is 10.5. The predicted molar refractivity (Wildman–Crippen MR) is 62.9 cm³/mol. The fraction of sp³-hybridized carbons (Fsp3) is 1.00. The van der Waals surface area contributed by atoms with Gasteiger partial charge in [-0.2, -0.15) is 0 Å². The van der Waals surface area contributed by atoms with Gasteiger partial charge in [0, 0.05) is 24.6 Å². The normalized spacial score (nSPS) is 41.2. The van der Waals surface area contributed by atoms with Gasteiger partial charge in [-0.15, -0.1) is 0 Å². The number of ether oxygens (including phenoxy) is 1. The Morgan fingerprint density at radius 2 is 1.87 bits per heavy atom. The molecule has 1 N–H and O–H groups in total. The molecule has 0 spiro atoms. The first kappa shape index (κ1) is 11.4. The van der Waals surface area contributed by atoms with Crippen LogP contribution in [-0.2, 0) is 4.74 Å². The first-order chi connectivity index (χ1) is 7.09. The van der Waals surface area contributed by atoms with Crippen LogP contribution in [0.25, 0.3) is 0 Å². The summed E-state index contributed by atoms with van der Waals surface area (Å²) in [5.41, 5.74) is 0. The Hall–Kier alpha value is -0.0800. The van der Waals surface area contributed by atoms with Crippen molar-refractivity contribution in [1.82, 2.24) is 5.32 Å². The van der Waals surface area contributed by atoms with Gasteiger partial charge < -0.3 is 10.1 Å². The van der Waals surface area contributed by atoms with Crippen LogP contribution in [0.2, 0.25) is 0 Å². The van der Waals surface area contributed by atoms with Crippen molar-refractivity contribution in [2.45, 2.75) is 58.7 Å². The Morgan fingerprint density at radius 3 is 2.47 bits per heavy atom. The molecule has 0 amide bonds. The SMILES string of the molecule is CC(C)C1NC2CCOC(C2)C1C(C)C. The van der Waals surface area contributed by atoms with Crippen molar-refractivity contribution in [3.05, 3.63) is 0 Å². The molecular formula is C13H25NO. The lowest BCUT2D eigenvalue weighted by molar-refractivity contribution is -0.0903. The van der Waals surface area contributed by atoms with Crippen LogP contribution in [0.3, 0.4) is 0 Å². The van der Waals surface area contributed by atoms with E-state index in [-0.39, 0.29) is 0 Å². The summed E-state index contributed by atoms with van der Waals surface area (Å²) in [6.07, 6.45) is 2.94. The van der Waals surface area contributed by atoms with Gasteiger partial charge >= 0.3 is 0 Å². The molecule has 2 saturated heterocycles. The molecule has 15 heavy (non-hydrogen) atoms. The lowest BCUT2D eigenvalue weighted by Gasteiger charge is -2.49. The number of fused-ring (bicyclic) bond motifs is 2. The molecule has 2 aliphatic rings. The molecule has 2 heterocycles. The highest BCUT2D eigenvalue weighted by Crippen LogP contribution is 2.35. The van der Waals surface area contributed by atoms with Gasteiger partial charge in [-0.1, -0.05) is 27.7 Å². The molecule has 4 unspecified atom stereocenters. The van der Waals surface area contributed by atoms with Crippen molar-refractivity contribution in [1.29, 1.82) is 0 Å². The second kappa shape index (κ2) is 4.42. The van der Waals surface area contributed by atoms with E-state index in [2.05, 4.69) is 33.0 Å². The minimum atomic E-state index is 0.511. The van der Waals surface area contributed by atoms with Gasteiger partial charge in [0.25, 0.3) is 0 Å². The average Bonchev–Trinajstić information content (AvgIpc) is 2.16. The fourth-order valence-corrected chi connectivity index (χ4v) is 3.34. The third-order valence-electron chi connectivity index (χ3n) is 4.08. The van der Waals surface area contributed by atoms with Crippen molar-refractivity contribution >= 4 is 0 Å². The minimum Gasteiger partial charge on any atom is -0.378 e. The van der Waals surface area contributed by atoms with Gasteiger partial charge in [-0.05, 0) is 24.7 Å². The molecule has 0 radical (unpaired) electrons. The topological polar surface area (TPSA) is 21.3 Å². The zero-order valence-corrected chi connectivity index (χ0v) is 10.5. The maximum atomic E-state index is 5.96. The average molecular weight is 211 g/mol. The summed E-state index contributed by atoms with van der Waals surface area (Å²) in [6.45, 7) is 10.3. The maximum absolute atomic E-state index is 5.96. The Kier molecular flexibility index (Phi) is 3.36. The van der Waals surface area contributed by atoms with E-state index in [1.165, 1.54) is 12.8 Å². The highest BCUT2D eigenvalue weighted by molar-refractivity contribution is 4.97. The molecule has 0 aromatic carbocycles. The number of nitrogens with one attached hydrogen (secondary N) is 1. The van der Waals surface area contributed by atoms with Crippen LogP contribution >= 0.6 is 0 Å². The highest BCUT2D eigenvalue weighted by Gasteiger charge is 2.42. The molecule has 2 fully saturated rings. The molecule has 0 saturated carbocycles. The van der Waals surface area contributed by atoms with Gasteiger partial charge in [-0.3, -0.25) is 0 Å². The van der Waals surface area contributed by atoms with Crippen molar-refractivity contribution in [3.63, 3.8) is 0 Å². The summed E-state index contributed by atoms with van der Waals surface area (Å²) in [6, 6.07) is 1.36. The van der Waals surface area contributed by atoms with Gasteiger partial charge in [0.2, 0.25) is 0 Å². The second-order valence-corrected chi connectivity index (χ2v) is 5.89. The maximum Gasteiger partial charge on any atom is 0.0635 e. The molecule has 2 rings (SSSR count). The van der Waals surface area contributed by atoms with Crippen molar-refractivity contribution in [2.24, 2.45) is 17.8 Å². The Balaban J connectivity index is 2.14. The van der Waals surface area contributed by atoms with Gasteiger partial charge in [-0.25, -0.2) is 0 Å². The first-order valence-electron chi connectivity index (χ1n) is 6.47. The van der Waals surface area contributed by atoms with E-state index in [0.29, 0.717) is 35.9 Å². The highest BCUT2D eigenvalue weighted by atomic mass is 16.5. The molecule has 2 heteroatoms. The van der Waals surface area contributed by atoms with E-state index < -0.39 is 0 Å². The van der Waals surface area contributed by atoms with Gasteiger partial charge in [0.05, 0.1) is 6.10 Å². The monoisotopic (exact) mass is 211 g/mol.